The Bertz CT molecular complexity index is 505. The molecule has 2 fully saturated rings. The monoisotopic (exact) mass is 321 g/mol. The van der Waals surface area contributed by atoms with Crippen molar-refractivity contribution >= 4 is 11.9 Å². The van der Waals surface area contributed by atoms with Gasteiger partial charge in [-0.3, -0.25) is 0 Å². The molecule has 0 bridgehead atoms. The molecule has 0 unspecified atom stereocenters. The van der Waals surface area contributed by atoms with Crippen molar-refractivity contribution in [2.24, 2.45) is 0 Å². The van der Waals surface area contributed by atoms with Gasteiger partial charge in [-0.2, -0.15) is 15.0 Å². The minimum atomic E-state index is -0.340. The number of methoxy groups -OCH3 is 1. The molecule has 0 amide bonds. The van der Waals surface area contributed by atoms with E-state index >= 15 is 0 Å². The molecular formula is C16H27N5O2. The molecule has 1 aliphatic heterocycles. The Morgan fingerprint density at radius 3 is 2.43 bits per heavy atom. The summed E-state index contributed by atoms with van der Waals surface area (Å²) in [5, 5.41) is 13.4. The molecule has 2 aliphatic rings. The van der Waals surface area contributed by atoms with E-state index in [0.29, 0.717) is 17.9 Å². The van der Waals surface area contributed by atoms with Gasteiger partial charge in [-0.1, -0.05) is 25.7 Å². The van der Waals surface area contributed by atoms with Crippen molar-refractivity contribution in [3.63, 3.8) is 0 Å². The second-order valence-electron chi connectivity index (χ2n) is 6.45. The number of rotatable bonds is 4. The summed E-state index contributed by atoms with van der Waals surface area (Å²) in [5.74, 6) is 1.17. The maximum absolute atomic E-state index is 10.1. The van der Waals surface area contributed by atoms with Crippen LogP contribution in [0.2, 0.25) is 0 Å². The third-order valence-electron chi connectivity index (χ3n) is 4.72. The Balaban J connectivity index is 1.77. The first-order chi connectivity index (χ1) is 11.3. The average Bonchev–Trinajstić information content (AvgIpc) is 2.86. The number of aliphatic hydroxyl groups excluding tert-OH is 1. The van der Waals surface area contributed by atoms with Crippen LogP contribution in [0.1, 0.15) is 51.4 Å². The van der Waals surface area contributed by atoms with Crippen LogP contribution in [-0.2, 0) is 0 Å². The smallest absolute Gasteiger partial charge is 0.322 e. The number of nitrogens with one attached hydrogen (secondary N) is 1. The van der Waals surface area contributed by atoms with Crippen LogP contribution < -0.4 is 15.0 Å². The van der Waals surface area contributed by atoms with Crippen molar-refractivity contribution in [2.75, 3.05) is 30.4 Å². The van der Waals surface area contributed by atoms with Gasteiger partial charge in [0.2, 0.25) is 11.9 Å². The molecule has 1 aliphatic carbocycles. The van der Waals surface area contributed by atoms with Gasteiger partial charge >= 0.3 is 6.01 Å². The fourth-order valence-corrected chi connectivity index (χ4v) is 3.36. The highest BCUT2D eigenvalue weighted by molar-refractivity contribution is 5.39. The summed E-state index contributed by atoms with van der Waals surface area (Å²) in [6.07, 6.45) is 8.49. The summed E-state index contributed by atoms with van der Waals surface area (Å²) in [4.78, 5) is 15.5. The molecule has 1 saturated heterocycles. The minimum absolute atomic E-state index is 0.00726. The molecule has 0 aromatic carbocycles. The Morgan fingerprint density at radius 1 is 1.00 bits per heavy atom. The lowest BCUT2D eigenvalue weighted by Gasteiger charge is -2.28. The normalized spacial score (nSPS) is 25.7. The summed E-state index contributed by atoms with van der Waals surface area (Å²) in [6.45, 7) is 1.94. The third kappa shape index (κ3) is 4.22. The molecule has 128 valence electrons. The molecule has 1 aromatic rings. The predicted molar refractivity (Wildman–Crippen MR) is 88.9 cm³/mol. The Labute approximate surface area is 137 Å². The lowest BCUT2D eigenvalue weighted by molar-refractivity contribution is 0.116. The molecule has 23 heavy (non-hydrogen) atoms. The lowest BCUT2D eigenvalue weighted by atomic mass is 9.93. The molecule has 0 radical (unpaired) electrons. The van der Waals surface area contributed by atoms with E-state index in [2.05, 4.69) is 25.2 Å². The van der Waals surface area contributed by atoms with E-state index in [0.717, 1.165) is 51.6 Å². The molecule has 7 heteroatoms. The van der Waals surface area contributed by atoms with Gasteiger partial charge in [0.1, 0.15) is 0 Å². The van der Waals surface area contributed by atoms with Crippen molar-refractivity contribution < 1.29 is 9.84 Å². The van der Waals surface area contributed by atoms with Gasteiger partial charge in [0.15, 0.2) is 0 Å². The fourth-order valence-electron chi connectivity index (χ4n) is 3.36. The van der Waals surface area contributed by atoms with Crippen molar-refractivity contribution in [3.05, 3.63) is 0 Å². The zero-order chi connectivity index (χ0) is 16.1. The summed E-state index contributed by atoms with van der Waals surface area (Å²) >= 11 is 0. The van der Waals surface area contributed by atoms with E-state index in [1.807, 2.05) is 0 Å². The Morgan fingerprint density at radius 2 is 1.74 bits per heavy atom. The van der Waals surface area contributed by atoms with Gasteiger partial charge in [-0.25, -0.2) is 0 Å². The molecule has 3 rings (SSSR count). The van der Waals surface area contributed by atoms with Crippen molar-refractivity contribution in [3.8, 4) is 6.01 Å². The van der Waals surface area contributed by atoms with E-state index in [9.17, 15) is 5.11 Å². The van der Waals surface area contributed by atoms with Crippen LogP contribution in [0.15, 0.2) is 0 Å². The van der Waals surface area contributed by atoms with E-state index in [1.54, 1.807) is 7.11 Å². The highest BCUT2D eigenvalue weighted by Crippen LogP contribution is 2.23. The maximum atomic E-state index is 10.1. The highest BCUT2D eigenvalue weighted by Gasteiger charge is 2.24. The van der Waals surface area contributed by atoms with E-state index < -0.39 is 0 Å². The third-order valence-corrected chi connectivity index (χ3v) is 4.72. The van der Waals surface area contributed by atoms with E-state index in [4.69, 9.17) is 4.74 Å². The molecule has 2 N–H and O–H groups in total. The van der Waals surface area contributed by atoms with Crippen molar-refractivity contribution in [2.45, 2.75) is 63.5 Å². The van der Waals surface area contributed by atoms with Gasteiger partial charge < -0.3 is 20.1 Å². The van der Waals surface area contributed by atoms with Crippen molar-refractivity contribution in [1.82, 2.24) is 15.0 Å². The molecule has 1 aromatic heterocycles. The summed E-state index contributed by atoms with van der Waals surface area (Å²) < 4.78 is 5.24. The quantitative estimate of drug-likeness (QED) is 0.877. The van der Waals surface area contributed by atoms with Crippen LogP contribution >= 0.6 is 0 Å². The van der Waals surface area contributed by atoms with Crippen LogP contribution in [0.4, 0.5) is 11.9 Å². The standard InChI is InChI=1S/C16H27N5O2/c1-23-16-19-14(17-12-8-4-5-9-13(12)22)18-15(20-16)21-10-6-2-3-7-11-21/h12-13,22H,2-11H2,1H3,(H,17,18,19,20)/t12-,13-/m0/s1. The molecule has 0 spiro atoms. The number of aliphatic hydroxyl groups is 1. The van der Waals surface area contributed by atoms with Gasteiger partial charge in [0.25, 0.3) is 0 Å². The van der Waals surface area contributed by atoms with Crippen LogP contribution in [0.5, 0.6) is 6.01 Å². The molecule has 7 nitrogen and oxygen atoms in total. The molecular weight excluding hydrogens is 294 g/mol. The number of nitrogens with zero attached hydrogens (tertiary/aromatic N) is 4. The Kier molecular flexibility index (Phi) is 5.48. The lowest BCUT2D eigenvalue weighted by Crippen LogP contribution is -2.37. The Hall–Kier alpha value is -1.63. The number of aromatic nitrogens is 3. The van der Waals surface area contributed by atoms with Gasteiger partial charge in [-0.05, 0) is 25.7 Å². The van der Waals surface area contributed by atoms with Crippen LogP contribution in [0.25, 0.3) is 0 Å². The summed E-state index contributed by atoms with van der Waals surface area (Å²) in [7, 11) is 1.57. The average molecular weight is 321 g/mol. The summed E-state index contributed by atoms with van der Waals surface area (Å²) in [6, 6.07) is 0.333. The van der Waals surface area contributed by atoms with Crippen LogP contribution in [0.3, 0.4) is 0 Å². The molecule has 2 atom stereocenters. The maximum Gasteiger partial charge on any atom is 0.322 e. The number of hydrogen-bond donors (Lipinski definition) is 2. The van der Waals surface area contributed by atoms with Gasteiger partial charge in [0.05, 0.1) is 19.3 Å². The van der Waals surface area contributed by atoms with Crippen LogP contribution in [0, 0.1) is 0 Å². The zero-order valence-corrected chi connectivity index (χ0v) is 13.9. The number of anilines is 2. The van der Waals surface area contributed by atoms with Crippen LogP contribution in [-0.4, -0.2) is 52.4 Å². The minimum Gasteiger partial charge on any atom is -0.467 e. The number of ether oxygens (including phenoxy) is 1. The van der Waals surface area contributed by atoms with Gasteiger partial charge in [-0.15, -0.1) is 0 Å². The van der Waals surface area contributed by atoms with Gasteiger partial charge in [0, 0.05) is 13.1 Å². The molecule has 1 saturated carbocycles. The second kappa shape index (κ2) is 7.77. The number of hydrogen-bond acceptors (Lipinski definition) is 7. The SMILES string of the molecule is COc1nc(N[C@H]2CCCC[C@@H]2O)nc(N2CCCCCC2)n1. The van der Waals surface area contributed by atoms with Crippen molar-refractivity contribution in [1.29, 1.82) is 0 Å². The fraction of sp³-hybridized carbons (Fsp3) is 0.812. The van der Waals surface area contributed by atoms with E-state index in [-0.39, 0.29) is 12.1 Å². The first kappa shape index (κ1) is 16.2. The zero-order valence-electron chi connectivity index (χ0n) is 13.9. The predicted octanol–water partition coefficient (Wildman–Crippen LogP) is 1.98. The topological polar surface area (TPSA) is 83.4 Å². The molecule has 2 heterocycles. The van der Waals surface area contributed by atoms with E-state index in [1.165, 1.54) is 12.8 Å². The second-order valence-corrected chi connectivity index (χ2v) is 6.45. The first-order valence-electron chi connectivity index (χ1n) is 8.76. The summed E-state index contributed by atoms with van der Waals surface area (Å²) in [5.41, 5.74) is 0. The largest absolute Gasteiger partial charge is 0.467 e. The highest BCUT2D eigenvalue weighted by atomic mass is 16.5. The first-order valence-corrected chi connectivity index (χ1v) is 8.76.